The summed E-state index contributed by atoms with van der Waals surface area (Å²) in [6, 6.07) is 15.1. The molecule has 0 fully saturated rings. The van der Waals surface area contributed by atoms with Gasteiger partial charge in [-0.05, 0) is 70.7 Å². The second-order valence-corrected chi connectivity index (χ2v) is 11.3. The largest absolute Gasteiger partial charge is 0.453 e. The van der Waals surface area contributed by atoms with Crippen LogP contribution in [0.4, 0.5) is 9.59 Å². The molecule has 2 aromatic rings. The van der Waals surface area contributed by atoms with Crippen molar-refractivity contribution < 1.29 is 33.7 Å². The molecule has 1 unspecified atom stereocenters. The average molecular weight is 572 g/mol. The SMILES string of the molecule is COC(=O)NCCOC(c1cccc(C)c1)c1cccc(C(=O)NC[C@](C)(CCCO)N(C)C(=O)OC(C)(C)C)c1. The third-order valence-electron chi connectivity index (χ3n) is 6.62. The molecular formula is C31H45N3O7. The molecule has 0 spiro atoms. The summed E-state index contributed by atoms with van der Waals surface area (Å²) in [5.41, 5.74) is 1.72. The van der Waals surface area contributed by atoms with Crippen LogP contribution in [0.25, 0.3) is 0 Å². The Morgan fingerprint density at radius 1 is 1.00 bits per heavy atom. The summed E-state index contributed by atoms with van der Waals surface area (Å²) in [7, 11) is 2.93. The molecule has 0 aliphatic carbocycles. The molecule has 10 nitrogen and oxygen atoms in total. The second kappa shape index (κ2) is 15.4. The first kappa shape index (κ1) is 33.6. The summed E-state index contributed by atoms with van der Waals surface area (Å²) < 4.78 is 16.3. The molecule has 2 rings (SSSR count). The van der Waals surface area contributed by atoms with Gasteiger partial charge in [-0.15, -0.1) is 0 Å². The van der Waals surface area contributed by atoms with Crippen molar-refractivity contribution in [2.75, 3.05) is 40.5 Å². The van der Waals surface area contributed by atoms with E-state index in [9.17, 15) is 19.5 Å². The summed E-state index contributed by atoms with van der Waals surface area (Å²) in [6.45, 7) is 9.83. The lowest BCUT2D eigenvalue weighted by molar-refractivity contribution is 0.00531. The molecule has 0 saturated heterocycles. The quantitative estimate of drug-likeness (QED) is 0.300. The van der Waals surface area contributed by atoms with E-state index in [1.807, 2.05) is 44.2 Å². The van der Waals surface area contributed by atoms with E-state index in [0.717, 1.165) is 16.7 Å². The van der Waals surface area contributed by atoms with Gasteiger partial charge >= 0.3 is 12.2 Å². The van der Waals surface area contributed by atoms with Crippen LogP contribution in [0.1, 0.15) is 73.7 Å². The minimum atomic E-state index is -0.793. The fourth-order valence-corrected chi connectivity index (χ4v) is 4.22. The maximum absolute atomic E-state index is 13.3. The summed E-state index contributed by atoms with van der Waals surface area (Å²) in [5.74, 6) is -0.310. The number of rotatable bonds is 13. The van der Waals surface area contributed by atoms with Crippen LogP contribution < -0.4 is 10.6 Å². The number of amides is 3. The Bertz CT molecular complexity index is 1160. The molecule has 0 aliphatic rings. The zero-order valence-corrected chi connectivity index (χ0v) is 25.3. The minimum Gasteiger partial charge on any atom is -0.453 e. The van der Waals surface area contributed by atoms with Gasteiger partial charge in [-0.3, -0.25) is 4.79 Å². The van der Waals surface area contributed by atoms with Gasteiger partial charge in [0.05, 0.1) is 19.3 Å². The lowest BCUT2D eigenvalue weighted by Gasteiger charge is -2.39. The van der Waals surface area contributed by atoms with Crippen molar-refractivity contribution in [1.82, 2.24) is 15.5 Å². The molecule has 0 saturated carbocycles. The third-order valence-corrected chi connectivity index (χ3v) is 6.62. The number of alkyl carbamates (subject to hydrolysis) is 1. The highest BCUT2D eigenvalue weighted by atomic mass is 16.6. The Balaban J connectivity index is 2.23. The van der Waals surface area contributed by atoms with Crippen molar-refractivity contribution in [3.05, 3.63) is 70.8 Å². The van der Waals surface area contributed by atoms with Crippen molar-refractivity contribution >= 4 is 18.1 Å². The maximum Gasteiger partial charge on any atom is 0.410 e. The Kier molecular flexibility index (Phi) is 12.6. The number of hydrogen-bond acceptors (Lipinski definition) is 7. The van der Waals surface area contributed by atoms with E-state index >= 15 is 0 Å². The highest BCUT2D eigenvalue weighted by Gasteiger charge is 2.35. The number of carbonyl (C=O) groups is 3. The Morgan fingerprint density at radius 3 is 2.27 bits per heavy atom. The summed E-state index contributed by atoms with van der Waals surface area (Å²) in [6.07, 6.45) is -0.607. The molecule has 0 aromatic heterocycles. The van der Waals surface area contributed by atoms with Crippen molar-refractivity contribution in [2.45, 2.75) is 64.7 Å². The Hall–Kier alpha value is -3.63. The van der Waals surface area contributed by atoms with Gasteiger partial charge in [0.1, 0.15) is 11.7 Å². The van der Waals surface area contributed by atoms with Crippen molar-refractivity contribution in [3.63, 3.8) is 0 Å². The number of methoxy groups -OCH3 is 1. The fourth-order valence-electron chi connectivity index (χ4n) is 4.22. The Labute approximate surface area is 243 Å². The number of aliphatic hydroxyl groups excluding tert-OH is 1. The zero-order valence-electron chi connectivity index (χ0n) is 25.3. The number of benzene rings is 2. The van der Waals surface area contributed by atoms with E-state index in [1.54, 1.807) is 46.0 Å². The molecule has 0 radical (unpaired) electrons. The smallest absolute Gasteiger partial charge is 0.410 e. The summed E-state index contributed by atoms with van der Waals surface area (Å²) >= 11 is 0. The van der Waals surface area contributed by atoms with Gasteiger partial charge in [0.2, 0.25) is 0 Å². The molecular weight excluding hydrogens is 526 g/mol. The zero-order chi connectivity index (χ0) is 30.6. The minimum absolute atomic E-state index is 0.0385. The van der Waals surface area contributed by atoms with Crippen LogP contribution in [0, 0.1) is 6.92 Å². The first-order valence-electron chi connectivity index (χ1n) is 13.8. The molecule has 10 heteroatoms. The van der Waals surface area contributed by atoms with Crippen molar-refractivity contribution in [2.24, 2.45) is 0 Å². The number of nitrogens with zero attached hydrogens (tertiary/aromatic N) is 1. The van der Waals surface area contributed by atoms with E-state index in [2.05, 4.69) is 15.4 Å². The van der Waals surface area contributed by atoms with Crippen LogP contribution in [0.15, 0.2) is 48.5 Å². The van der Waals surface area contributed by atoms with Crippen LogP contribution in [0.3, 0.4) is 0 Å². The van der Waals surface area contributed by atoms with Crippen LogP contribution in [-0.4, -0.2) is 79.7 Å². The fraction of sp³-hybridized carbons (Fsp3) is 0.516. The number of carbonyl (C=O) groups excluding carboxylic acids is 3. The first-order valence-corrected chi connectivity index (χ1v) is 13.8. The molecule has 0 bridgehead atoms. The number of hydrogen-bond donors (Lipinski definition) is 3. The lowest BCUT2D eigenvalue weighted by Crippen LogP contribution is -2.55. The lowest BCUT2D eigenvalue weighted by atomic mass is 9.93. The number of aliphatic hydroxyl groups is 1. The summed E-state index contributed by atoms with van der Waals surface area (Å²) in [5, 5.41) is 15.0. The number of likely N-dealkylation sites (N-methyl/N-ethyl adjacent to an activating group) is 1. The molecule has 0 aliphatic heterocycles. The molecule has 2 atom stereocenters. The highest BCUT2D eigenvalue weighted by Crippen LogP contribution is 2.28. The van der Waals surface area contributed by atoms with Gasteiger partial charge in [-0.1, -0.05) is 42.0 Å². The number of aryl methyl sites for hydroxylation is 1. The van der Waals surface area contributed by atoms with Crippen molar-refractivity contribution in [3.8, 4) is 0 Å². The monoisotopic (exact) mass is 571 g/mol. The predicted octanol–water partition coefficient (Wildman–Crippen LogP) is 4.58. The van der Waals surface area contributed by atoms with E-state index < -0.39 is 29.4 Å². The molecule has 3 amide bonds. The highest BCUT2D eigenvalue weighted by molar-refractivity contribution is 5.94. The topological polar surface area (TPSA) is 126 Å². The van der Waals surface area contributed by atoms with Crippen LogP contribution >= 0.6 is 0 Å². The molecule has 41 heavy (non-hydrogen) atoms. The molecule has 2 aromatic carbocycles. The van der Waals surface area contributed by atoms with Crippen molar-refractivity contribution in [1.29, 1.82) is 0 Å². The first-order chi connectivity index (χ1) is 19.3. The van der Waals surface area contributed by atoms with Gasteiger partial charge in [-0.25, -0.2) is 9.59 Å². The number of ether oxygens (including phenoxy) is 3. The molecule has 226 valence electrons. The normalized spacial score (nSPS) is 13.5. The van der Waals surface area contributed by atoms with Gasteiger partial charge in [0, 0.05) is 32.3 Å². The third kappa shape index (κ3) is 10.7. The van der Waals surface area contributed by atoms with Crippen LogP contribution in [0.5, 0.6) is 0 Å². The number of nitrogens with one attached hydrogen (secondary N) is 2. The predicted molar refractivity (Wildman–Crippen MR) is 157 cm³/mol. The van der Waals surface area contributed by atoms with Gasteiger partial charge < -0.3 is 34.9 Å². The standard InChI is InChI=1S/C31H45N3O7/c1-22-11-8-12-23(19-22)26(40-18-16-32-28(37)39-7)24-13-9-14-25(20-24)27(36)33-21-31(5,15-10-17-35)34(6)29(38)41-30(2,3)4/h8-9,11-14,19-20,26,35H,10,15-18,21H2,1-7H3,(H,32,37)(H,33,36)/t26?,31-/m0/s1. The average Bonchev–Trinajstić information content (AvgIpc) is 2.93. The van der Waals surface area contributed by atoms with E-state index in [1.165, 1.54) is 12.0 Å². The van der Waals surface area contributed by atoms with Crippen LogP contribution in [0.2, 0.25) is 0 Å². The van der Waals surface area contributed by atoms with Gasteiger partial charge in [0.25, 0.3) is 5.91 Å². The second-order valence-electron chi connectivity index (χ2n) is 11.3. The van der Waals surface area contributed by atoms with E-state index in [4.69, 9.17) is 9.47 Å². The van der Waals surface area contributed by atoms with E-state index in [0.29, 0.717) is 18.4 Å². The summed E-state index contributed by atoms with van der Waals surface area (Å²) in [4.78, 5) is 39.0. The molecule has 0 heterocycles. The molecule has 3 N–H and O–H groups in total. The Morgan fingerprint density at radius 2 is 1.66 bits per heavy atom. The van der Waals surface area contributed by atoms with Crippen LogP contribution in [-0.2, 0) is 14.2 Å². The van der Waals surface area contributed by atoms with E-state index in [-0.39, 0.29) is 32.2 Å². The van der Waals surface area contributed by atoms with Gasteiger partial charge in [0.15, 0.2) is 0 Å². The van der Waals surface area contributed by atoms with Gasteiger partial charge in [-0.2, -0.15) is 0 Å². The maximum atomic E-state index is 13.3.